The second kappa shape index (κ2) is 7.13. The van der Waals surface area contributed by atoms with Crippen molar-refractivity contribution in [3.63, 3.8) is 0 Å². The molecule has 0 aromatic carbocycles. The second-order valence-corrected chi connectivity index (χ2v) is 5.59. The molecule has 2 N–H and O–H groups in total. The maximum absolute atomic E-state index is 9.47. The molecule has 0 aliphatic heterocycles. The van der Waals surface area contributed by atoms with Crippen LogP contribution in [0.5, 0.6) is 0 Å². The van der Waals surface area contributed by atoms with E-state index in [9.17, 15) is 5.11 Å². The first-order chi connectivity index (χ1) is 10.1. The van der Waals surface area contributed by atoms with Gasteiger partial charge in [0.05, 0.1) is 12.6 Å². The molecule has 5 heteroatoms. The zero-order valence-corrected chi connectivity index (χ0v) is 12.7. The fourth-order valence-electron chi connectivity index (χ4n) is 2.21. The maximum Gasteiger partial charge on any atom is 0.180 e. The Morgan fingerprint density at radius 3 is 2.67 bits per heavy atom. The molecule has 0 radical (unpaired) electrons. The predicted octanol–water partition coefficient (Wildman–Crippen LogP) is 2.67. The summed E-state index contributed by atoms with van der Waals surface area (Å²) in [6, 6.07) is 7.54. The van der Waals surface area contributed by atoms with Gasteiger partial charge in [-0.3, -0.25) is 4.98 Å². The number of nitrogens with one attached hydrogen (secondary N) is 1. The molecule has 112 valence electrons. The van der Waals surface area contributed by atoms with Gasteiger partial charge < -0.3 is 10.4 Å². The smallest absolute Gasteiger partial charge is 0.180 e. The van der Waals surface area contributed by atoms with Crippen LogP contribution in [0, 0.1) is 12.8 Å². The average molecular weight is 286 g/mol. The van der Waals surface area contributed by atoms with Crippen LogP contribution < -0.4 is 5.32 Å². The van der Waals surface area contributed by atoms with Gasteiger partial charge in [-0.15, -0.1) is 0 Å². The number of pyridine rings is 1. The third kappa shape index (κ3) is 4.49. The lowest BCUT2D eigenvalue weighted by Gasteiger charge is -2.19. The largest absolute Gasteiger partial charge is 0.394 e. The predicted molar refractivity (Wildman–Crippen MR) is 84.0 cm³/mol. The lowest BCUT2D eigenvalue weighted by molar-refractivity contribution is 0.259. The van der Waals surface area contributed by atoms with E-state index in [-0.39, 0.29) is 12.6 Å². The molecule has 2 aromatic heterocycles. The van der Waals surface area contributed by atoms with Crippen molar-refractivity contribution in [2.75, 3.05) is 11.9 Å². The minimum absolute atomic E-state index is 0.00381. The number of rotatable bonds is 6. The fourth-order valence-corrected chi connectivity index (χ4v) is 2.21. The topological polar surface area (TPSA) is 70.9 Å². The Kier molecular flexibility index (Phi) is 5.22. The van der Waals surface area contributed by atoms with Crippen molar-refractivity contribution in [3.05, 3.63) is 36.2 Å². The van der Waals surface area contributed by atoms with Crippen molar-refractivity contribution >= 4 is 5.82 Å². The Bertz CT molecular complexity index is 572. The second-order valence-electron chi connectivity index (χ2n) is 5.59. The van der Waals surface area contributed by atoms with E-state index in [4.69, 9.17) is 0 Å². The van der Waals surface area contributed by atoms with Crippen molar-refractivity contribution in [1.29, 1.82) is 0 Å². The van der Waals surface area contributed by atoms with Gasteiger partial charge in [-0.05, 0) is 31.4 Å². The highest BCUT2D eigenvalue weighted by molar-refractivity contribution is 5.52. The molecule has 21 heavy (non-hydrogen) atoms. The number of aliphatic hydroxyl groups is 1. The third-order valence-corrected chi connectivity index (χ3v) is 3.08. The van der Waals surface area contributed by atoms with Gasteiger partial charge in [-0.1, -0.05) is 19.9 Å². The van der Waals surface area contributed by atoms with E-state index in [1.54, 1.807) is 6.20 Å². The molecule has 0 amide bonds. The van der Waals surface area contributed by atoms with Crippen LogP contribution in [0.4, 0.5) is 5.82 Å². The molecule has 2 aromatic rings. The highest BCUT2D eigenvalue weighted by Gasteiger charge is 2.12. The summed E-state index contributed by atoms with van der Waals surface area (Å²) in [7, 11) is 0. The lowest BCUT2D eigenvalue weighted by atomic mass is 10.0. The highest BCUT2D eigenvalue weighted by Crippen LogP contribution is 2.17. The molecular formula is C16H22N4O. The van der Waals surface area contributed by atoms with Crippen molar-refractivity contribution in [2.24, 2.45) is 5.92 Å². The monoisotopic (exact) mass is 286 g/mol. The number of hydrogen-bond acceptors (Lipinski definition) is 5. The van der Waals surface area contributed by atoms with Crippen molar-refractivity contribution in [3.8, 4) is 11.5 Å². The lowest BCUT2D eigenvalue weighted by Crippen LogP contribution is -2.26. The fraction of sp³-hybridized carbons (Fsp3) is 0.438. The molecule has 0 saturated heterocycles. The van der Waals surface area contributed by atoms with Gasteiger partial charge >= 0.3 is 0 Å². The van der Waals surface area contributed by atoms with Crippen molar-refractivity contribution in [2.45, 2.75) is 33.2 Å². The summed E-state index contributed by atoms with van der Waals surface area (Å²) >= 11 is 0. The summed E-state index contributed by atoms with van der Waals surface area (Å²) in [5.41, 5.74) is 1.61. The van der Waals surface area contributed by atoms with Gasteiger partial charge in [0.1, 0.15) is 11.5 Å². The summed E-state index contributed by atoms with van der Waals surface area (Å²) in [5.74, 6) is 1.83. The number of nitrogens with zero attached hydrogens (tertiary/aromatic N) is 3. The number of aryl methyl sites for hydroxylation is 1. The minimum Gasteiger partial charge on any atom is -0.394 e. The first-order valence-corrected chi connectivity index (χ1v) is 7.23. The molecule has 0 spiro atoms. The molecule has 0 saturated carbocycles. The van der Waals surface area contributed by atoms with Crippen LogP contribution in [0.2, 0.25) is 0 Å². The molecule has 2 heterocycles. The molecule has 0 bridgehead atoms. The number of aromatic nitrogens is 3. The molecule has 2 rings (SSSR count). The zero-order chi connectivity index (χ0) is 15.2. The SMILES string of the molecule is Cc1cc(N[C@H](CO)CC(C)C)nc(-c2ccccn2)n1. The first-order valence-electron chi connectivity index (χ1n) is 7.23. The molecular weight excluding hydrogens is 264 g/mol. The van der Waals surface area contributed by atoms with Crippen LogP contribution in [-0.2, 0) is 0 Å². The van der Waals surface area contributed by atoms with Gasteiger partial charge in [-0.2, -0.15) is 0 Å². The Morgan fingerprint density at radius 2 is 2.05 bits per heavy atom. The quantitative estimate of drug-likeness (QED) is 0.854. The van der Waals surface area contributed by atoms with Crippen LogP contribution in [0.15, 0.2) is 30.5 Å². The summed E-state index contributed by atoms with van der Waals surface area (Å²) in [5, 5.41) is 12.8. The van der Waals surface area contributed by atoms with E-state index in [0.29, 0.717) is 11.7 Å². The Balaban J connectivity index is 2.23. The Hall–Kier alpha value is -2.01. The average Bonchev–Trinajstić information content (AvgIpc) is 2.46. The van der Waals surface area contributed by atoms with Crippen LogP contribution in [0.25, 0.3) is 11.5 Å². The van der Waals surface area contributed by atoms with E-state index in [2.05, 4.69) is 34.1 Å². The summed E-state index contributed by atoms with van der Waals surface area (Å²) in [6.45, 7) is 6.28. The summed E-state index contributed by atoms with van der Waals surface area (Å²) < 4.78 is 0. The molecule has 0 fully saturated rings. The Labute approximate surface area is 125 Å². The molecule has 0 aliphatic carbocycles. The third-order valence-electron chi connectivity index (χ3n) is 3.08. The van der Waals surface area contributed by atoms with E-state index in [1.807, 2.05) is 31.2 Å². The first kappa shape index (κ1) is 15.4. The van der Waals surface area contributed by atoms with Crippen LogP contribution in [-0.4, -0.2) is 32.7 Å². The van der Waals surface area contributed by atoms with Crippen LogP contribution in [0.3, 0.4) is 0 Å². The summed E-state index contributed by atoms with van der Waals surface area (Å²) in [6.07, 6.45) is 2.61. The van der Waals surface area contributed by atoms with E-state index in [0.717, 1.165) is 23.6 Å². The molecule has 0 aliphatic rings. The van der Waals surface area contributed by atoms with Crippen molar-refractivity contribution < 1.29 is 5.11 Å². The van der Waals surface area contributed by atoms with Crippen molar-refractivity contribution in [1.82, 2.24) is 15.0 Å². The standard InChI is InChI=1S/C16H22N4O/c1-11(2)8-13(10-21)19-15-9-12(3)18-16(20-15)14-6-4-5-7-17-14/h4-7,9,11,13,21H,8,10H2,1-3H3,(H,18,19,20)/t13-/m0/s1. The van der Waals surface area contributed by atoms with E-state index in [1.165, 1.54) is 0 Å². The zero-order valence-electron chi connectivity index (χ0n) is 12.7. The van der Waals surface area contributed by atoms with Gasteiger partial charge in [-0.25, -0.2) is 9.97 Å². The van der Waals surface area contributed by atoms with E-state index >= 15 is 0 Å². The normalized spacial score (nSPS) is 12.4. The summed E-state index contributed by atoms with van der Waals surface area (Å²) in [4.78, 5) is 13.2. The highest BCUT2D eigenvalue weighted by atomic mass is 16.3. The Morgan fingerprint density at radius 1 is 1.24 bits per heavy atom. The molecule has 5 nitrogen and oxygen atoms in total. The van der Waals surface area contributed by atoms with Gasteiger partial charge in [0.15, 0.2) is 5.82 Å². The van der Waals surface area contributed by atoms with Gasteiger partial charge in [0.25, 0.3) is 0 Å². The maximum atomic E-state index is 9.47. The number of aliphatic hydroxyl groups excluding tert-OH is 1. The van der Waals surface area contributed by atoms with Crippen LogP contribution in [0.1, 0.15) is 26.0 Å². The van der Waals surface area contributed by atoms with Crippen LogP contribution >= 0.6 is 0 Å². The molecule has 1 atom stereocenters. The molecule has 0 unspecified atom stereocenters. The van der Waals surface area contributed by atoms with Gasteiger partial charge in [0, 0.05) is 18.0 Å². The van der Waals surface area contributed by atoms with E-state index < -0.39 is 0 Å². The number of anilines is 1. The minimum atomic E-state index is -0.00381. The number of hydrogen-bond donors (Lipinski definition) is 2. The van der Waals surface area contributed by atoms with Gasteiger partial charge in [0.2, 0.25) is 0 Å².